The van der Waals surface area contributed by atoms with Gasteiger partial charge in [0.2, 0.25) is 10.0 Å². The van der Waals surface area contributed by atoms with E-state index in [4.69, 9.17) is 4.74 Å². The Kier molecular flexibility index (Phi) is 8.12. The number of ether oxygens (including phenoxy) is 1. The summed E-state index contributed by atoms with van der Waals surface area (Å²) in [6, 6.07) is 7.89. The Morgan fingerprint density at radius 3 is 2.31 bits per heavy atom. The molecule has 0 atom stereocenters. The third kappa shape index (κ3) is 6.26. The number of hydrogen-bond donors (Lipinski definition) is 2. The summed E-state index contributed by atoms with van der Waals surface area (Å²) >= 11 is 0.671. The standard InChI is InChI=1S/C27H24F5N3O5S2/c1-5-42(38,39)34-15-7-9-20(40-21-8-6-14(28)10-19(21)29)16(11-15)18-13-35(4)25(37)23-17(18)12-22(41-23)24(36)33-26(2,3)27(30,31)32/h6-13,34H,5H2,1-4H3,(H,33,36). The first-order valence-corrected chi connectivity index (χ1v) is 14.7. The van der Waals surface area contributed by atoms with Gasteiger partial charge < -0.3 is 14.6 Å². The van der Waals surface area contributed by atoms with Crippen LogP contribution >= 0.6 is 11.3 Å². The number of carbonyl (C=O) groups excluding carboxylic acids is 1. The maximum absolute atomic E-state index is 14.5. The Morgan fingerprint density at radius 1 is 1.02 bits per heavy atom. The van der Waals surface area contributed by atoms with Crippen LogP contribution in [0.2, 0.25) is 0 Å². The number of anilines is 1. The molecule has 2 aromatic heterocycles. The molecular weight excluding hydrogens is 605 g/mol. The van der Waals surface area contributed by atoms with E-state index in [0.29, 0.717) is 17.4 Å². The van der Waals surface area contributed by atoms with Gasteiger partial charge in [-0.3, -0.25) is 14.3 Å². The van der Waals surface area contributed by atoms with E-state index < -0.39 is 44.8 Å². The van der Waals surface area contributed by atoms with Crippen molar-refractivity contribution in [1.82, 2.24) is 9.88 Å². The highest BCUT2D eigenvalue weighted by Gasteiger charge is 2.48. The van der Waals surface area contributed by atoms with Gasteiger partial charge in [0.1, 0.15) is 21.8 Å². The van der Waals surface area contributed by atoms with Crippen molar-refractivity contribution in [1.29, 1.82) is 0 Å². The fourth-order valence-electron chi connectivity index (χ4n) is 3.80. The van der Waals surface area contributed by atoms with Crippen LogP contribution in [-0.2, 0) is 17.1 Å². The first-order valence-electron chi connectivity index (χ1n) is 12.2. The molecule has 4 rings (SSSR count). The summed E-state index contributed by atoms with van der Waals surface area (Å²) in [4.78, 5) is 25.7. The number of amides is 1. The number of thiophene rings is 1. The molecule has 0 saturated heterocycles. The number of rotatable bonds is 8. The molecule has 0 fully saturated rings. The molecule has 0 aliphatic rings. The fourth-order valence-corrected chi connectivity index (χ4v) is 5.48. The van der Waals surface area contributed by atoms with Crippen molar-refractivity contribution in [3.05, 3.63) is 75.5 Å². The lowest BCUT2D eigenvalue weighted by Crippen LogP contribution is -2.54. The van der Waals surface area contributed by atoms with Crippen LogP contribution < -0.4 is 20.3 Å². The summed E-state index contributed by atoms with van der Waals surface area (Å²) in [7, 11) is -2.34. The topological polar surface area (TPSA) is 106 Å². The average molecular weight is 630 g/mol. The van der Waals surface area contributed by atoms with E-state index >= 15 is 0 Å². The third-order valence-corrected chi connectivity index (χ3v) is 8.68. The summed E-state index contributed by atoms with van der Waals surface area (Å²) < 4.78 is 102. The summed E-state index contributed by atoms with van der Waals surface area (Å²) in [6.07, 6.45) is -3.39. The molecular formula is C27H24F5N3O5S2. The molecule has 0 aliphatic carbocycles. The first kappa shape index (κ1) is 31.0. The van der Waals surface area contributed by atoms with Crippen LogP contribution in [0.25, 0.3) is 21.2 Å². The van der Waals surface area contributed by atoms with Crippen molar-refractivity contribution >= 4 is 43.0 Å². The second kappa shape index (κ2) is 11.0. The highest BCUT2D eigenvalue weighted by atomic mass is 32.2. The van der Waals surface area contributed by atoms with Gasteiger partial charge in [-0.25, -0.2) is 17.2 Å². The number of sulfonamides is 1. The largest absolute Gasteiger partial charge is 0.454 e. The lowest BCUT2D eigenvalue weighted by atomic mass is 10.0. The number of halogens is 5. The lowest BCUT2D eigenvalue weighted by Gasteiger charge is -2.28. The number of nitrogens with zero attached hydrogens (tertiary/aromatic N) is 1. The van der Waals surface area contributed by atoms with Crippen molar-refractivity contribution in [2.45, 2.75) is 32.5 Å². The van der Waals surface area contributed by atoms with Crippen molar-refractivity contribution < 1.29 is 39.9 Å². The molecule has 4 aromatic rings. The second-order valence-corrected chi connectivity index (χ2v) is 12.8. The Bertz CT molecular complexity index is 1860. The minimum absolute atomic E-state index is 0.0171. The number of pyridine rings is 1. The molecule has 42 heavy (non-hydrogen) atoms. The van der Waals surface area contributed by atoms with Crippen LogP contribution in [0.4, 0.5) is 27.6 Å². The van der Waals surface area contributed by atoms with Gasteiger partial charge in [0, 0.05) is 41.5 Å². The van der Waals surface area contributed by atoms with Crippen molar-refractivity contribution in [3.8, 4) is 22.6 Å². The van der Waals surface area contributed by atoms with E-state index in [1.807, 2.05) is 5.32 Å². The number of hydrogen-bond acceptors (Lipinski definition) is 6. The number of aryl methyl sites for hydroxylation is 1. The Labute approximate surface area is 240 Å². The zero-order valence-corrected chi connectivity index (χ0v) is 24.2. The molecule has 8 nitrogen and oxygen atoms in total. The van der Waals surface area contributed by atoms with Crippen molar-refractivity contribution in [2.75, 3.05) is 10.5 Å². The summed E-state index contributed by atoms with van der Waals surface area (Å²) in [5, 5.41) is 2.08. The Hall–Kier alpha value is -3.98. The van der Waals surface area contributed by atoms with Crippen LogP contribution in [0.1, 0.15) is 30.4 Å². The number of fused-ring (bicyclic) bond motifs is 1. The fraction of sp³-hybridized carbons (Fsp3) is 0.259. The van der Waals surface area contributed by atoms with E-state index in [2.05, 4.69) is 4.72 Å². The van der Waals surface area contributed by atoms with Crippen LogP contribution in [0.15, 0.2) is 53.5 Å². The van der Waals surface area contributed by atoms with Gasteiger partial charge in [-0.2, -0.15) is 13.2 Å². The number of alkyl halides is 3. The summed E-state index contributed by atoms with van der Waals surface area (Å²) in [6.45, 7) is 3.01. The normalized spacial score (nSPS) is 12.4. The maximum atomic E-state index is 14.5. The van der Waals surface area contributed by atoms with Gasteiger partial charge in [0.25, 0.3) is 11.5 Å². The van der Waals surface area contributed by atoms with Gasteiger partial charge in [-0.15, -0.1) is 11.3 Å². The number of aromatic nitrogens is 1. The molecule has 2 aromatic carbocycles. The van der Waals surface area contributed by atoms with Gasteiger partial charge in [0.05, 0.1) is 10.6 Å². The van der Waals surface area contributed by atoms with Crippen LogP contribution in [-0.4, -0.2) is 36.4 Å². The quantitative estimate of drug-likeness (QED) is 0.227. The molecule has 0 spiro atoms. The zero-order chi connectivity index (χ0) is 31.2. The number of carbonyl (C=O) groups is 1. The highest BCUT2D eigenvalue weighted by Crippen LogP contribution is 2.41. The van der Waals surface area contributed by atoms with Gasteiger partial charge in [-0.1, -0.05) is 0 Å². The third-order valence-electron chi connectivity index (χ3n) is 6.26. The van der Waals surface area contributed by atoms with Crippen LogP contribution in [0, 0.1) is 11.6 Å². The predicted molar refractivity (Wildman–Crippen MR) is 150 cm³/mol. The van der Waals surface area contributed by atoms with E-state index in [9.17, 15) is 40.0 Å². The van der Waals surface area contributed by atoms with Crippen LogP contribution in [0.3, 0.4) is 0 Å². The molecule has 15 heteroatoms. The van der Waals surface area contributed by atoms with Gasteiger partial charge >= 0.3 is 6.18 Å². The lowest BCUT2D eigenvalue weighted by molar-refractivity contribution is -0.182. The minimum Gasteiger partial charge on any atom is -0.454 e. The molecule has 2 heterocycles. The van der Waals surface area contributed by atoms with E-state index in [1.54, 1.807) is 0 Å². The molecule has 0 saturated carbocycles. The van der Waals surface area contributed by atoms with Gasteiger partial charge in [0.15, 0.2) is 11.6 Å². The molecule has 1 amide bonds. The van der Waals surface area contributed by atoms with E-state index in [0.717, 1.165) is 26.0 Å². The molecule has 0 bridgehead atoms. The molecule has 0 unspecified atom stereocenters. The van der Waals surface area contributed by atoms with E-state index in [-0.39, 0.29) is 49.0 Å². The summed E-state index contributed by atoms with van der Waals surface area (Å²) in [5.41, 5.74) is -2.69. The van der Waals surface area contributed by atoms with E-state index in [1.165, 1.54) is 49.0 Å². The van der Waals surface area contributed by atoms with Crippen molar-refractivity contribution in [3.63, 3.8) is 0 Å². The number of nitrogens with one attached hydrogen (secondary N) is 2. The Balaban J connectivity index is 1.92. The van der Waals surface area contributed by atoms with Crippen LogP contribution in [0.5, 0.6) is 11.5 Å². The second-order valence-electron chi connectivity index (χ2n) is 9.78. The smallest absolute Gasteiger partial charge is 0.410 e. The predicted octanol–water partition coefficient (Wildman–Crippen LogP) is 6.17. The highest BCUT2D eigenvalue weighted by molar-refractivity contribution is 7.92. The zero-order valence-electron chi connectivity index (χ0n) is 22.5. The minimum atomic E-state index is -4.76. The SMILES string of the molecule is CCS(=O)(=O)Nc1ccc(Oc2ccc(F)cc2F)c(-c2cn(C)c(=O)c3sc(C(=O)NC(C)(C)C(F)(F)F)cc23)c1. The molecule has 2 N–H and O–H groups in total. The molecule has 224 valence electrons. The molecule has 0 aliphatic heterocycles. The van der Waals surface area contributed by atoms with Crippen molar-refractivity contribution in [2.24, 2.45) is 7.05 Å². The number of benzene rings is 2. The average Bonchev–Trinajstić information content (AvgIpc) is 3.34. The molecule has 0 radical (unpaired) electrons. The maximum Gasteiger partial charge on any atom is 0.410 e. The Morgan fingerprint density at radius 2 is 1.69 bits per heavy atom. The van der Waals surface area contributed by atoms with Gasteiger partial charge in [-0.05, 0) is 57.2 Å². The monoisotopic (exact) mass is 629 g/mol. The first-order chi connectivity index (χ1) is 19.4. The summed E-state index contributed by atoms with van der Waals surface area (Å²) in [5.74, 6) is -3.58.